The van der Waals surface area contributed by atoms with E-state index in [9.17, 15) is 5.11 Å². The highest BCUT2D eigenvalue weighted by Gasteiger charge is 2.07. The molecule has 0 N–H and O–H groups in total. The van der Waals surface area contributed by atoms with Gasteiger partial charge in [0, 0.05) is 0 Å². The third-order valence-corrected chi connectivity index (χ3v) is 2.66. The lowest BCUT2D eigenvalue weighted by Crippen LogP contribution is -2.06. The van der Waals surface area contributed by atoms with Gasteiger partial charge in [0.15, 0.2) is 0 Å². The Labute approximate surface area is 77.2 Å². The lowest BCUT2D eigenvalue weighted by molar-refractivity contribution is 0.132. The van der Waals surface area contributed by atoms with Crippen LogP contribution in [0.5, 0.6) is 0 Å². The molecule has 0 bridgehead atoms. The summed E-state index contributed by atoms with van der Waals surface area (Å²) in [5.41, 5.74) is 0. The van der Waals surface area contributed by atoms with Crippen LogP contribution < -0.4 is 0 Å². The van der Waals surface area contributed by atoms with Crippen molar-refractivity contribution in [2.45, 2.75) is 52.9 Å². The average molecular weight is 171 g/mol. The molecule has 1 radical (unpaired) electrons. The predicted octanol–water partition coefficient (Wildman–Crippen LogP) is 3.66. The van der Waals surface area contributed by atoms with Crippen LogP contribution in [0.25, 0.3) is 0 Å². The third-order valence-electron chi connectivity index (χ3n) is 2.66. The zero-order chi connectivity index (χ0) is 9.40. The molecule has 0 rings (SSSR count). The summed E-state index contributed by atoms with van der Waals surface area (Å²) in [5.74, 6) is 1.25. The summed E-state index contributed by atoms with van der Waals surface area (Å²) >= 11 is 0. The summed E-state index contributed by atoms with van der Waals surface area (Å²) in [5, 5.41) is 10.6. The van der Waals surface area contributed by atoms with Crippen LogP contribution in [-0.4, -0.2) is 6.61 Å². The first-order chi connectivity index (χ1) is 5.74. The van der Waals surface area contributed by atoms with Gasteiger partial charge in [-0.15, -0.1) is 0 Å². The monoisotopic (exact) mass is 171 g/mol. The average Bonchev–Trinajstić information content (AvgIpc) is 2.07. The van der Waals surface area contributed by atoms with E-state index in [0.717, 1.165) is 18.8 Å². The summed E-state index contributed by atoms with van der Waals surface area (Å²) in [6.07, 6.45) is 6.03. The summed E-state index contributed by atoms with van der Waals surface area (Å²) < 4.78 is 0. The normalized spacial score (nSPS) is 16.0. The molecule has 0 spiro atoms. The Balaban J connectivity index is 3.37. The van der Waals surface area contributed by atoms with E-state index in [-0.39, 0.29) is 6.61 Å². The molecule has 12 heavy (non-hydrogen) atoms. The molecule has 0 aliphatic rings. The molecule has 0 aromatic rings. The maximum Gasteiger partial charge on any atom is 0.0850 e. The van der Waals surface area contributed by atoms with Gasteiger partial charge in [-0.1, -0.05) is 46.5 Å². The van der Waals surface area contributed by atoms with Crippen molar-refractivity contribution in [3.63, 3.8) is 0 Å². The molecule has 0 saturated carbocycles. The summed E-state index contributed by atoms with van der Waals surface area (Å²) in [6, 6.07) is 0. The van der Waals surface area contributed by atoms with Crippen molar-refractivity contribution in [1.29, 1.82) is 0 Å². The van der Waals surface area contributed by atoms with Gasteiger partial charge in [-0.2, -0.15) is 0 Å². The molecule has 0 amide bonds. The smallest absolute Gasteiger partial charge is 0.0850 e. The van der Waals surface area contributed by atoms with Crippen LogP contribution in [-0.2, 0) is 5.11 Å². The molecular formula is C11H23O. The van der Waals surface area contributed by atoms with Crippen molar-refractivity contribution < 1.29 is 5.11 Å². The topological polar surface area (TPSA) is 19.9 Å². The molecule has 0 aliphatic heterocycles. The van der Waals surface area contributed by atoms with Crippen molar-refractivity contribution in [3.05, 3.63) is 0 Å². The van der Waals surface area contributed by atoms with Crippen LogP contribution in [0, 0.1) is 11.8 Å². The Hall–Kier alpha value is -0.0400. The zero-order valence-corrected chi connectivity index (χ0v) is 8.81. The lowest BCUT2D eigenvalue weighted by atomic mass is 9.93. The van der Waals surface area contributed by atoms with Crippen LogP contribution in [0.3, 0.4) is 0 Å². The highest BCUT2D eigenvalue weighted by atomic mass is 16.3. The van der Waals surface area contributed by atoms with Crippen molar-refractivity contribution in [2.24, 2.45) is 11.8 Å². The molecule has 0 saturated heterocycles. The molecule has 0 aromatic carbocycles. The second kappa shape index (κ2) is 7.60. The zero-order valence-electron chi connectivity index (χ0n) is 8.81. The summed E-state index contributed by atoms with van der Waals surface area (Å²) in [4.78, 5) is 0. The Morgan fingerprint density at radius 1 is 1.08 bits per heavy atom. The second-order valence-electron chi connectivity index (χ2n) is 3.91. The van der Waals surface area contributed by atoms with Gasteiger partial charge in [0.2, 0.25) is 0 Å². The van der Waals surface area contributed by atoms with Gasteiger partial charge >= 0.3 is 0 Å². The van der Waals surface area contributed by atoms with E-state index >= 15 is 0 Å². The molecule has 2 unspecified atom stereocenters. The highest BCUT2D eigenvalue weighted by Crippen LogP contribution is 2.18. The fraction of sp³-hybridized carbons (Fsp3) is 1.00. The van der Waals surface area contributed by atoms with E-state index in [1.54, 1.807) is 0 Å². The van der Waals surface area contributed by atoms with Crippen LogP contribution >= 0.6 is 0 Å². The minimum absolute atomic E-state index is 0.120. The summed E-state index contributed by atoms with van der Waals surface area (Å²) in [7, 11) is 0. The van der Waals surface area contributed by atoms with E-state index in [1.165, 1.54) is 19.3 Å². The molecule has 1 nitrogen and oxygen atoms in total. The molecule has 0 aromatic heterocycles. The Morgan fingerprint density at radius 3 is 2.17 bits per heavy atom. The molecular weight excluding hydrogens is 148 g/mol. The minimum atomic E-state index is 0.120. The molecule has 0 fully saturated rings. The Morgan fingerprint density at radius 2 is 1.75 bits per heavy atom. The Kier molecular flexibility index (Phi) is 7.58. The van der Waals surface area contributed by atoms with Crippen molar-refractivity contribution in [3.8, 4) is 0 Å². The van der Waals surface area contributed by atoms with Crippen molar-refractivity contribution in [1.82, 2.24) is 0 Å². The quantitative estimate of drug-likeness (QED) is 0.557. The molecule has 1 heteroatoms. The number of rotatable bonds is 7. The maximum atomic E-state index is 10.6. The standard InChI is InChI=1S/C11H23O/c1-4-6-10(3)7-8-11(5-2)9-12/h10-11H,4-9H2,1-3H3. The number of hydrogen-bond acceptors (Lipinski definition) is 0. The summed E-state index contributed by atoms with van der Waals surface area (Å²) in [6.45, 7) is 6.75. The fourth-order valence-electron chi connectivity index (χ4n) is 1.56. The van der Waals surface area contributed by atoms with E-state index in [2.05, 4.69) is 20.8 Å². The van der Waals surface area contributed by atoms with E-state index in [0.29, 0.717) is 5.92 Å². The molecule has 0 heterocycles. The second-order valence-corrected chi connectivity index (χ2v) is 3.91. The highest BCUT2D eigenvalue weighted by molar-refractivity contribution is 4.59. The van der Waals surface area contributed by atoms with Crippen LogP contribution in [0.15, 0.2) is 0 Å². The third kappa shape index (κ3) is 5.59. The first-order valence-electron chi connectivity index (χ1n) is 5.32. The van der Waals surface area contributed by atoms with Crippen LogP contribution in [0.1, 0.15) is 52.9 Å². The fourth-order valence-corrected chi connectivity index (χ4v) is 1.56. The van der Waals surface area contributed by atoms with E-state index < -0.39 is 0 Å². The van der Waals surface area contributed by atoms with Gasteiger partial charge < -0.3 is 0 Å². The largest absolute Gasteiger partial charge is 0.236 e. The van der Waals surface area contributed by atoms with Gasteiger partial charge in [-0.05, 0) is 18.3 Å². The maximum absolute atomic E-state index is 10.6. The van der Waals surface area contributed by atoms with E-state index in [1.807, 2.05) is 0 Å². The molecule has 73 valence electrons. The van der Waals surface area contributed by atoms with Gasteiger partial charge in [0.05, 0.1) is 6.61 Å². The Bertz CT molecular complexity index is 87.0. The van der Waals surface area contributed by atoms with Crippen molar-refractivity contribution >= 4 is 0 Å². The lowest BCUT2D eigenvalue weighted by Gasteiger charge is -2.14. The van der Waals surface area contributed by atoms with Crippen molar-refractivity contribution in [2.75, 3.05) is 6.61 Å². The van der Waals surface area contributed by atoms with Gasteiger partial charge in [0.25, 0.3) is 0 Å². The van der Waals surface area contributed by atoms with E-state index in [4.69, 9.17) is 0 Å². The van der Waals surface area contributed by atoms with Gasteiger partial charge in [0.1, 0.15) is 0 Å². The number of hydrogen-bond donors (Lipinski definition) is 0. The SMILES string of the molecule is CCCC(C)CCC(CC)C[O]. The van der Waals surface area contributed by atoms with Crippen LogP contribution in [0.2, 0.25) is 0 Å². The van der Waals surface area contributed by atoms with Gasteiger partial charge in [-0.25, -0.2) is 5.11 Å². The first-order valence-corrected chi connectivity index (χ1v) is 5.32. The molecule has 0 aliphatic carbocycles. The molecule has 2 atom stereocenters. The van der Waals surface area contributed by atoms with Gasteiger partial charge in [-0.3, -0.25) is 0 Å². The minimum Gasteiger partial charge on any atom is -0.236 e. The predicted molar refractivity (Wildman–Crippen MR) is 52.6 cm³/mol. The van der Waals surface area contributed by atoms with Crippen LogP contribution in [0.4, 0.5) is 0 Å². The first kappa shape index (κ1) is 12.0.